The van der Waals surface area contributed by atoms with Gasteiger partial charge in [0.05, 0.1) is 5.56 Å². The number of phenolic OH excluding ortho intramolecular Hbond substituents is 4. The van der Waals surface area contributed by atoms with Crippen LogP contribution in [0.5, 0.6) is 23.0 Å². The molecule has 3 aromatic rings. The minimum atomic E-state index is -0.955. The highest BCUT2D eigenvalue weighted by Gasteiger charge is 2.23. The molecule has 0 atom stereocenters. The predicted molar refractivity (Wildman–Crippen MR) is 78.3 cm³/mol. The van der Waals surface area contributed by atoms with Gasteiger partial charge in [0.1, 0.15) is 5.69 Å². The van der Waals surface area contributed by atoms with Crippen LogP contribution in [0, 0.1) is 0 Å². The average Bonchev–Trinajstić information content (AvgIpc) is 2.55. The molecular weight excluding hydrogens is 286 g/mol. The lowest BCUT2D eigenvalue weighted by molar-refractivity contribution is 0.103. The lowest BCUT2D eigenvalue weighted by Gasteiger charge is -2.09. The van der Waals surface area contributed by atoms with Crippen LogP contribution in [0.15, 0.2) is 42.6 Å². The number of carbonyl (C=O) groups excluding carboxylic acids is 1. The fraction of sp³-hybridized carbons (Fsp3) is 0. The molecule has 6 heteroatoms. The van der Waals surface area contributed by atoms with Gasteiger partial charge in [-0.15, -0.1) is 0 Å². The molecule has 0 saturated heterocycles. The number of nitrogens with zero attached hydrogens (tertiary/aromatic N) is 1. The quantitative estimate of drug-likeness (QED) is 0.328. The fourth-order valence-corrected chi connectivity index (χ4v) is 2.24. The van der Waals surface area contributed by atoms with E-state index in [1.807, 2.05) is 6.07 Å². The van der Waals surface area contributed by atoms with Crippen LogP contribution in [0.3, 0.4) is 0 Å². The first-order valence-corrected chi connectivity index (χ1v) is 6.36. The number of aromatic nitrogens is 1. The van der Waals surface area contributed by atoms with Crippen LogP contribution in [-0.2, 0) is 0 Å². The normalized spacial score (nSPS) is 10.7. The van der Waals surface area contributed by atoms with Crippen molar-refractivity contribution in [3.8, 4) is 23.0 Å². The van der Waals surface area contributed by atoms with Crippen molar-refractivity contribution in [2.45, 2.75) is 0 Å². The van der Waals surface area contributed by atoms with Crippen molar-refractivity contribution in [3.63, 3.8) is 0 Å². The van der Waals surface area contributed by atoms with Crippen LogP contribution in [0.25, 0.3) is 10.8 Å². The molecule has 6 nitrogen and oxygen atoms in total. The highest BCUT2D eigenvalue weighted by Crippen LogP contribution is 2.44. The number of hydrogen-bond donors (Lipinski definition) is 4. The fourth-order valence-electron chi connectivity index (χ4n) is 2.24. The van der Waals surface area contributed by atoms with Gasteiger partial charge in [-0.2, -0.15) is 0 Å². The van der Waals surface area contributed by atoms with Crippen molar-refractivity contribution in [3.05, 3.63) is 53.9 Å². The number of rotatable bonds is 2. The summed E-state index contributed by atoms with van der Waals surface area (Å²) in [6.45, 7) is 0. The van der Waals surface area contributed by atoms with Crippen LogP contribution < -0.4 is 0 Å². The van der Waals surface area contributed by atoms with Gasteiger partial charge in [0.15, 0.2) is 11.5 Å². The van der Waals surface area contributed by atoms with E-state index in [0.29, 0.717) is 5.39 Å². The molecule has 0 saturated carbocycles. The van der Waals surface area contributed by atoms with Gasteiger partial charge >= 0.3 is 0 Å². The lowest BCUT2D eigenvalue weighted by Crippen LogP contribution is -2.05. The number of hydrogen-bond acceptors (Lipinski definition) is 6. The molecule has 0 aliphatic carbocycles. The van der Waals surface area contributed by atoms with Gasteiger partial charge in [-0.25, -0.2) is 0 Å². The predicted octanol–water partition coefficient (Wildman–Crippen LogP) is 2.29. The van der Waals surface area contributed by atoms with Crippen molar-refractivity contribution >= 4 is 16.6 Å². The maximum Gasteiger partial charge on any atom is 0.215 e. The third-order valence-corrected chi connectivity index (χ3v) is 3.36. The van der Waals surface area contributed by atoms with E-state index in [2.05, 4.69) is 4.98 Å². The Kier molecular flexibility index (Phi) is 3.06. The molecule has 0 fully saturated rings. The third-order valence-electron chi connectivity index (χ3n) is 3.36. The highest BCUT2D eigenvalue weighted by molar-refractivity contribution is 6.16. The largest absolute Gasteiger partial charge is 0.504 e. The standard InChI is InChI=1S/C16H11NO5/c18-11-7-10(14(20)16(22)15(11)21)13(19)12-9-4-2-1-3-8(9)5-6-17-12/h1-7,18,20-22H. The summed E-state index contributed by atoms with van der Waals surface area (Å²) >= 11 is 0. The zero-order valence-electron chi connectivity index (χ0n) is 11.2. The topological polar surface area (TPSA) is 111 Å². The molecule has 0 bridgehead atoms. The smallest absolute Gasteiger partial charge is 0.215 e. The van der Waals surface area contributed by atoms with Gasteiger partial charge in [0, 0.05) is 11.6 Å². The molecule has 0 unspecified atom stereocenters. The molecule has 0 spiro atoms. The van der Waals surface area contributed by atoms with E-state index in [0.717, 1.165) is 11.5 Å². The minimum Gasteiger partial charge on any atom is -0.504 e. The van der Waals surface area contributed by atoms with Crippen LogP contribution in [-0.4, -0.2) is 31.2 Å². The van der Waals surface area contributed by atoms with Gasteiger partial charge in [0.25, 0.3) is 0 Å². The molecule has 0 amide bonds. The van der Waals surface area contributed by atoms with E-state index >= 15 is 0 Å². The van der Waals surface area contributed by atoms with E-state index in [4.69, 9.17) is 0 Å². The first-order valence-electron chi connectivity index (χ1n) is 6.36. The molecule has 110 valence electrons. The molecule has 3 rings (SSSR count). The Morgan fingerprint density at radius 2 is 1.64 bits per heavy atom. The van der Waals surface area contributed by atoms with Crippen molar-refractivity contribution < 1.29 is 25.2 Å². The van der Waals surface area contributed by atoms with Crippen molar-refractivity contribution in [1.29, 1.82) is 0 Å². The molecule has 2 aromatic carbocycles. The van der Waals surface area contributed by atoms with Crippen LogP contribution >= 0.6 is 0 Å². The summed E-state index contributed by atoms with van der Waals surface area (Å²) in [7, 11) is 0. The van der Waals surface area contributed by atoms with Crippen LogP contribution in [0.4, 0.5) is 0 Å². The minimum absolute atomic E-state index is 0.0675. The molecular formula is C16H11NO5. The van der Waals surface area contributed by atoms with E-state index < -0.39 is 28.8 Å². The Hall–Kier alpha value is -3.28. The summed E-state index contributed by atoms with van der Waals surface area (Å²) in [6, 6.07) is 9.68. The van der Waals surface area contributed by atoms with Crippen LogP contribution in [0.2, 0.25) is 0 Å². The number of fused-ring (bicyclic) bond motifs is 1. The summed E-state index contributed by atoms with van der Waals surface area (Å²) in [6.07, 6.45) is 1.45. The zero-order valence-corrected chi connectivity index (χ0v) is 11.2. The van der Waals surface area contributed by atoms with Crippen molar-refractivity contribution in [2.75, 3.05) is 0 Å². The van der Waals surface area contributed by atoms with Crippen molar-refractivity contribution in [2.24, 2.45) is 0 Å². The summed E-state index contributed by atoms with van der Waals surface area (Å²) in [4.78, 5) is 16.6. The number of benzene rings is 2. The average molecular weight is 297 g/mol. The van der Waals surface area contributed by atoms with E-state index in [1.165, 1.54) is 6.20 Å². The number of ketones is 1. The number of pyridine rings is 1. The number of carbonyl (C=O) groups is 1. The molecule has 0 aliphatic rings. The molecule has 0 radical (unpaired) electrons. The van der Waals surface area contributed by atoms with Gasteiger partial charge in [0.2, 0.25) is 17.3 Å². The number of aromatic hydroxyl groups is 4. The van der Waals surface area contributed by atoms with Crippen molar-refractivity contribution in [1.82, 2.24) is 4.98 Å². The molecule has 0 aliphatic heterocycles. The Labute approximate surface area is 124 Å². The van der Waals surface area contributed by atoms with E-state index in [1.54, 1.807) is 24.3 Å². The first-order chi connectivity index (χ1) is 10.5. The molecule has 22 heavy (non-hydrogen) atoms. The maximum absolute atomic E-state index is 12.6. The van der Waals surface area contributed by atoms with Gasteiger partial charge in [-0.1, -0.05) is 24.3 Å². The SMILES string of the molecule is O=C(c1cc(O)c(O)c(O)c1O)c1nccc2ccccc12. The summed E-state index contributed by atoms with van der Waals surface area (Å²) in [5.41, 5.74) is -0.283. The van der Waals surface area contributed by atoms with Gasteiger partial charge in [-0.05, 0) is 17.5 Å². The van der Waals surface area contributed by atoms with Crippen LogP contribution in [0.1, 0.15) is 16.1 Å². The summed E-state index contributed by atoms with van der Waals surface area (Å²) < 4.78 is 0. The Morgan fingerprint density at radius 3 is 2.41 bits per heavy atom. The Balaban J connectivity index is 2.23. The second-order valence-corrected chi connectivity index (χ2v) is 4.70. The monoisotopic (exact) mass is 297 g/mol. The zero-order chi connectivity index (χ0) is 15.9. The second kappa shape index (κ2) is 4.92. The molecule has 1 heterocycles. The second-order valence-electron chi connectivity index (χ2n) is 4.70. The van der Waals surface area contributed by atoms with E-state index in [9.17, 15) is 25.2 Å². The van der Waals surface area contributed by atoms with Gasteiger partial charge in [-0.3, -0.25) is 9.78 Å². The Morgan fingerprint density at radius 1 is 0.909 bits per heavy atom. The maximum atomic E-state index is 12.6. The summed E-state index contributed by atoms with van der Waals surface area (Å²) in [5.74, 6) is -4.04. The molecule has 4 N–H and O–H groups in total. The van der Waals surface area contributed by atoms with E-state index in [-0.39, 0.29) is 11.3 Å². The Bertz CT molecular complexity index is 899. The molecule has 1 aromatic heterocycles. The number of phenols is 4. The lowest BCUT2D eigenvalue weighted by atomic mass is 10.0. The first kappa shape index (κ1) is 13.7. The highest BCUT2D eigenvalue weighted by atomic mass is 16.3. The summed E-state index contributed by atoms with van der Waals surface area (Å²) in [5, 5.41) is 39.6. The van der Waals surface area contributed by atoms with Gasteiger partial charge < -0.3 is 20.4 Å². The third kappa shape index (κ3) is 1.98.